The molecule has 0 aliphatic rings. The normalized spacial score (nSPS) is 12.0. The van der Waals surface area contributed by atoms with Gasteiger partial charge in [-0.15, -0.1) is 0 Å². The van der Waals surface area contributed by atoms with Crippen molar-refractivity contribution in [3.05, 3.63) is 35.4 Å². The zero-order valence-electron chi connectivity index (χ0n) is 12.0. The topological polar surface area (TPSA) is 49.4 Å². The second-order valence-corrected chi connectivity index (χ2v) is 7.23. The van der Waals surface area contributed by atoms with Crippen molar-refractivity contribution in [2.24, 2.45) is 0 Å². The molecule has 4 nitrogen and oxygen atoms in total. The lowest BCUT2D eigenvalue weighted by atomic mass is 10.1. The van der Waals surface area contributed by atoms with Crippen LogP contribution in [0.5, 0.6) is 0 Å². The summed E-state index contributed by atoms with van der Waals surface area (Å²) >= 11 is 0. The van der Waals surface area contributed by atoms with Gasteiger partial charge in [-0.2, -0.15) is 0 Å². The summed E-state index contributed by atoms with van der Waals surface area (Å²) < 4.78 is 22.3. The van der Waals surface area contributed by atoms with Gasteiger partial charge in [0.2, 0.25) is 0 Å². The number of nitrogens with one attached hydrogen (secondary N) is 1. The highest BCUT2D eigenvalue weighted by Crippen LogP contribution is 2.07. The molecule has 108 valence electrons. The average Bonchev–Trinajstić information content (AvgIpc) is 2.33. The Morgan fingerprint density at radius 1 is 1.26 bits per heavy atom. The molecule has 0 atom stereocenters. The highest BCUT2D eigenvalue weighted by Gasteiger charge is 2.06. The summed E-state index contributed by atoms with van der Waals surface area (Å²) in [6, 6.07) is 8.39. The number of benzene rings is 1. The van der Waals surface area contributed by atoms with Crippen LogP contribution in [0.4, 0.5) is 0 Å². The summed E-state index contributed by atoms with van der Waals surface area (Å²) in [4.78, 5) is 2.04. The van der Waals surface area contributed by atoms with Gasteiger partial charge in [0.15, 0.2) is 0 Å². The highest BCUT2D eigenvalue weighted by atomic mass is 32.2. The fourth-order valence-corrected chi connectivity index (χ4v) is 2.46. The van der Waals surface area contributed by atoms with E-state index in [1.54, 1.807) is 0 Å². The Morgan fingerprint density at radius 3 is 2.58 bits per heavy atom. The van der Waals surface area contributed by atoms with E-state index in [1.165, 1.54) is 17.4 Å². The number of hydrogen-bond acceptors (Lipinski definition) is 4. The Labute approximate surface area is 116 Å². The van der Waals surface area contributed by atoms with Crippen molar-refractivity contribution in [2.75, 3.05) is 32.1 Å². The van der Waals surface area contributed by atoms with Gasteiger partial charge in [0.1, 0.15) is 9.84 Å². The molecule has 0 aliphatic carbocycles. The standard InChI is InChI=1S/C14H24N2O2S/c1-4-15-11-13-6-5-7-14(10-13)12-16(2)8-9-19(3,17)18/h5-7,10,15H,4,8-9,11-12H2,1-3H3. The largest absolute Gasteiger partial charge is 0.313 e. The molecule has 0 saturated heterocycles. The van der Waals surface area contributed by atoms with Crippen LogP contribution >= 0.6 is 0 Å². The number of nitrogens with zero attached hydrogens (tertiary/aromatic N) is 1. The molecule has 19 heavy (non-hydrogen) atoms. The van der Waals surface area contributed by atoms with Gasteiger partial charge >= 0.3 is 0 Å². The van der Waals surface area contributed by atoms with Crippen LogP contribution in [0.15, 0.2) is 24.3 Å². The molecule has 1 aromatic carbocycles. The quantitative estimate of drug-likeness (QED) is 0.781. The van der Waals surface area contributed by atoms with Crippen LogP contribution in [0.25, 0.3) is 0 Å². The molecule has 0 unspecified atom stereocenters. The lowest BCUT2D eigenvalue weighted by Crippen LogP contribution is -2.25. The van der Waals surface area contributed by atoms with E-state index in [-0.39, 0.29) is 5.75 Å². The van der Waals surface area contributed by atoms with Crippen LogP contribution in [0.1, 0.15) is 18.1 Å². The minimum absolute atomic E-state index is 0.209. The van der Waals surface area contributed by atoms with Gasteiger partial charge in [0.25, 0.3) is 0 Å². The van der Waals surface area contributed by atoms with Gasteiger partial charge in [0, 0.05) is 25.9 Å². The van der Waals surface area contributed by atoms with E-state index in [0.29, 0.717) is 6.54 Å². The van der Waals surface area contributed by atoms with Gasteiger partial charge in [-0.1, -0.05) is 31.2 Å². The van der Waals surface area contributed by atoms with Crippen LogP contribution in [0.2, 0.25) is 0 Å². The Kier molecular flexibility index (Phi) is 6.48. The second kappa shape index (κ2) is 7.62. The van der Waals surface area contributed by atoms with Gasteiger partial charge in [-0.25, -0.2) is 8.42 Å². The predicted octanol–water partition coefficient (Wildman–Crippen LogP) is 1.27. The molecule has 0 saturated carbocycles. The average molecular weight is 284 g/mol. The van der Waals surface area contributed by atoms with E-state index in [2.05, 4.69) is 30.4 Å². The molecular formula is C14H24N2O2S. The maximum atomic E-state index is 11.1. The van der Waals surface area contributed by atoms with E-state index < -0.39 is 9.84 Å². The smallest absolute Gasteiger partial charge is 0.148 e. The Morgan fingerprint density at radius 2 is 1.95 bits per heavy atom. The Bertz CT molecular complexity index is 486. The Balaban J connectivity index is 2.51. The summed E-state index contributed by atoms with van der Waals surface area (Å²) in [5, 5.41) is 3.30. The number of rotatable bonds is 8. The summed E-state index contributed by atoms with van der Waals surface area (Å²) in [7, 11) is -0.937. The number of sulfone groups is 1. The molecule has 0 radical (unpaired) electrons. The third-order valence-electron chi connectivity index (χ3n) is 2.87. The minimum atomic E-state index is -2.88. The molecule has 5 heteroatoms. The van der Waals surface area contributed by atoms with Gasteiger partial charge in [0.05, 0.1) is 5.75 Å². The van der Waals surface area contributed by atoms with E-state index in [9.17, 15) is 8.42 Å². The van der Waals surface area contributed by atoms with Crippen LogP contribution in [-0.4, -0.2) is 45.5 Å². The highest BCUT2D eigenvalue weighted by molar-refractivity contribution is 7.90. The molecule has 0 aliphatic heterocycles. The lowest BCUT2D eigenvalue weighted by molar-refractivity contribution is 0.346. The predicted molar refractivity (Wildman–Crippen MR) is 79.9 cm³/mol. The molecule has 1 aromatic rings. The first kappa shape index (κ1) is 16.1. The molecule has 0 spiro atoms. The molecule has 0 bridgehead atoms. The first-order valence-electron chi connectivity index (χ1n) is 6.55. The molecule has 0 aromatic heterocycles. The van der Waals surface area contributed by atoms with Gasteiger partial charge < -0.3 is 10.2 Å². The molecular weight excluding hydrogens is 260 g/mol. The van der Waals surface area contributed by atoms with Crippen LogP contribution in [-0.2, 0) is 22.9 Å². The van der Waals surface area contributed by atoms with Crippen molar-refractivity contribution in [1.82, 2.24) is 10.2 Å². The van der Waals surface area contributed by atoms with E-state index >= 15 is 0 Å². The third-order valence-corrected chi connectivity index (χ3v) is 3.79. The number of hydrogen-bond donors (Lipinski definition) is 1. The maximum Gasteiger partial charge on any atom is 0.148 e. The summed E-state index contributed by atoms with van der Waals surface area (Å²) in [5.74, 6) is 0.209. The van der Waals surface area contributed by atoms with E-state index in [4.69, 9.17) is 0 Å². The van der Waals surface area contributed by atoms with Crippen molar-refractivity contribution in [1.29, 1.82) is 0 Å². The maximum absolute atomic E-state index is 11.1. The fraction of sp³-hybridized carbons (Fsp3) is 0.571. The zero-order valence-corrected chi connectivity index (χ0v) is 12.8. The van der Waals surface area contributed by atoms with E-state index in [0.717, 1.165) is 19.6 Å². The molecule has 1 rings (SSSR count). The van der Waals surface area contributed by atoms with Crippen LogP contribution in [0, 0.1) is 0 Å². The van der Waals surface area contributed by atoms with Crippen molar-refractivity contribution in [2.45, 2.75) is 20.0 Å². The first-order chi connectivity index (χ1) is 8.90. The second-order valence-electron chi connectivity index (χ2n) is 4.97. The van der Waals surface area contributed by atoms with Crippen molar-refractivity contribution in [3.63, 3.8) is 0 Å². The monoisotopic (exact) mass is 284 g/mol. The molecule has 1 N–H and O–H groups in total. The van der Waals surface area contributed by atoms with Crippen molar-refractivity contribution < 1.29 is 8.42 Å². The van der Waals surface area contributed by atoms with E-state index in [1.807, 2.05) is 18.0 Å². The molecule has 0 amide bonds. The summed E-state index contributed by atoms with van der Waals surface area (Å²) in [6.07, 6.45) is 1.28. The van der Waals surface area contributed by atoms with Crippen LogP contribution in [0.3, 0.4) is 0 Å². The fourth-order valence-electron chi connectivity index (χ4n) is 1.82. The van der Waals surface area contributed by atoms with Crippen molar-refractivity contribution in [3.8, 4) is 0 Å². The third kappa shape index (κ3) is 7.30. The van der Waals surface area contributed by atoms with Crippen molar-refractivity contribution >= 4 is 9.84 Å². The van der Waals surface area contributed by atoms with Gasteiger partial charge in [-0.05, 0) is 24.7 Å². The SMILES string of the molecule is CCNCc1cccc(CN(C)CCS(C)(=O)=O)c1. The lowest BCUT2D eigenvalue weighted by Gasteiger charge is -2.16. The molecule has 0 fully saturated rings. The summed E-state index contributed by atoms with van der Waals surface area (Å²) in [5.41, 5.74) is 2.47. The van der Waals surface area contributed by atoms with Crippen LogP contribution < -0.4 is 5.32 Å². The Hall–Kier alpha value is -0.910. The first-order valence-corrected chi connectivity index (χ1v) is 8.61. The molecule has 0 heterocycles. The summed E-state index contributed by atoms with van der Waals surface area (Å²) in [6.45, 7) is 5.25. The minimum Gasteiger partial charge on any atom is -0.313 e. The zero-order chi connectivity index (χ0) is 14.3. The van der Waals surface area contributed by atoms with Gasteiger partial charge in [-0.3, -0.25) is 0 Å².